The van der Waals surface area contributed by atoms with Gasteiger partial charge in [-0.2, -0.15) is 0 Å². The van der Waals surface area contributed by atoms with Gasteiger partial charge in [0, 0.05) is 5.56 Å². The molecule has 0 saturated carbocycles. The first-order valence-electron chi connectivity index (χ1n) is 10.6. The zero-order chi connectivity index (χ0) is 22.3. The van der Waals surface area contributed by atoms with E-state index in [2.05, 4.69) is 0 Å². The summed E-state index contributed by atoms with van der Waals surface area (Å²) in [6.07, 6.45) is 2.02. The summed E-state index contributed by atoms with van der Waals surface area (Å²) >= 11 is 0. The molecule has 6 heteroatoms. The zero-order valence-corrected chi connectivity index (χ0v) is 17.9. The number of ketones is 1. The van der Waals surface area contributed by atoms with Crippen molar-refractivity contribution in [3.63, 3.8) is 0 Å². The molecular weight excluding hydrogens is 394 g/mol. The highest BCUT2D eigenvalue weighted by molar-refractivity contribution is 6.22. The molecule has 2 aromatic carbocycles. The highest BCUT2D eigenvalue weighted by Gasteiger charge is 2.45. The molecule has 1 aliphatic heterocycles. The van der Waals surface area contributed by atoms with E-state index in [1.807, 2.05) is 12.1 Å². The molecule has 160 valence electrons. The molecule has 2 aromatic rings. The van der Waals surface area contributed by atoms with Gasteiger partial charge in [-0.1, -0.05) is 38.1 Å². The number of carbonyl (C=O) groups is 4. The van der Waals surface area contributed by atoms with Crippen LogP contribution in [0.1, 0.15) is 69.4 Å². The Bertz CT molecular complexity index is 1050. The molecule has 0 fully saturated rings. The fraction of sp³-hybridized carbons (Fsp3) is 0.360. The normalized spacial score (nSPS) is 16.8. The van der Waals surface area contributed by atoms with Crippen LogP contribution in [0.4, 0.5) is 0 Å². The van der Waals surface area contributed by atoms with Gasteiger partial charge >= 0.3 is 5.97 Å². The van der Waals surface area contributed by atoms with Gasteiger partial charge in [0.1, 0.15) is 6.04 Å². The van der Waals surface area contributed by atoms with Crippen molar-refractivity contribution >= 4 is 23.6 Å². The van der Waals surface area contributed by atoms with Crippen molar-refractivity contribution in [2.75, 3.05) is 0 Å². The number of benzene rings is 2. The molecule has 0 aromatic heterocycles. The van der Waals surface area contributed by atoms with Gasteiger partial charge in [0.15, 0.2) is 6.10 Å². The average molecular weight is 419 g/mol. The Morgan fingerprint density at radius 2 is 1.52 bits per heavy atom. The van der Waals surface area contributed by atoms with Crippen LogP contribution in [0.25, 0.3) is 0 Å². The first-order chi connectivity index (χ1) is 14.8. The first-order valence-corrected chi connectivity index (χ1v) is 10.6. The highest BCUT2D eigenvalue weighted by atomic mass is 16.5. The van der Waals surface area contributed by atoms with Crippen LogP contribution in [0.15, 0.2) is 42.5 Å². The van der Waals surface area contributed by atoms with Crippen molar-refractivity contribution in [1.29, 1.82) is 0 Å². The third-order valence-electron chi connectivity index (χ3n) is 6.02. The van der Waals surface area contributed by atoms with Crippen molar-refractivity contribution in [2.24, 2.45) is 5.92 Å². The maximum Gasteiger partial charge on any atom is 0.330 e. The van der Waals surface area contributed by atoms with Gasteiger partial charge in [0.05, 0.1) is 11.1 Å². The first kappa shape index (κ1) is 21.0. The van der Waals surface area contributed by atoms with Gasteiger partial charge < -0.3 is 4.74 Å². The number of esters is 1. The number of rotatable bonds is 6. The van der Waals surface area contributed by atoms with E-state index >= 15 is 0 Å². The number of hydrogen-bond donors (Lipinski definition) is 0. The lowest BCUT2D eigenvalue weighted by molar-refractivity contribution is -0.152. The van der Waals surface area contributed by atoms with E-state index in [1.54, 1.807) is 44.2 Å². The standard InChI is InChI=1S/C25H25NO5/c1-14(2)21(26-23(28)19-9-4-5-10-20(19)24(26)29)25(30)31-15(3)22(27)18-12-11-16-7-6-8-17(16)13-18/h4-5,9-15,21H,6-8H2,1-3H3/t15-,21+/m1/s1. The van der Waals surface area contributed by atoms with E-state index in [4.69, 9.17) is 4.74 Å². The second-order valence-corrected chi connectivity index (χ2v) is 8.50. The third kappa shape index (κ3) is 3.67. The number of fused-ring (bicyclic) bond motifs is 2. The van der Waals surface area contributed by atoms with Gasteiger partial charge in [-0.05, 0) is 61.4 Å². The quantitative estimate of drug-likeness (QED) is 0.406. The van der Waals surface area contributed by atoms with Crippen LogP contribution < -0.4 is 0 Å². The second kappa shape index (κ2) is 8.10. The summed E-state index contributed by atoms with van der Waals surface area (Å²) in [5.41, 5.74) is 3.46. The molecule has 0 bridgehead atoms. The lowest BCUT2D eigenvalue weighted by Crippen LogP contribution is -2.49. The van der Waals surface area contributed by atoms with Gasteiger partial charge in [-0.15, -0.1) is 0 Å². The number of imide groups is 1. The Labute approximate surface area is 181 Å². The predicted octanol–water partition coefficient (Wildman–Crippen LogP) is 3.61. The highest BCUT2D eigenvalue weighted by Crippen LogP contribution is 2.28. The number of carbonyl (C=O) groups excluding carboxylic acids is 4. The molecule has 4 rings (SSSR count). The van der Waals surface area contributed by atoms with Gasteiger partial charge in [-0.3, -0.25) is 19.3 Å². The summed E-state index contributed by atoms with van der Waals surface area (Å²) in [5, 5.41) is 0. The molecule has 0 spiro atoms. The summed E-state index contributed by atoms with van der Waals surface area (Å²) in [7, 11) is 0. The van der Waals surface area contributed by atoms with Crippen molar-refractivity contribution < 1.29 is 23.9 Å². The SMILES string of the molecule is CC(C)[C@@H](C(=O)O[C@H](C)C(=O)c1ccc2c(c1)CCC2)N1C(=O)c2ccccc2C1=O. The van der Waals surface area contributed by atoms with Gasteiger partial charge in [0.25, 0.3) is 11.8 Å². The van der Waals surface area contributed by atoms with E-state index in [0.717, 1.165) is 29.7 Å². The van der Waals surface area contributed by atoms with Crippen LogP contribution in [0.2, 0.25) is 0 Å². The summed E-state index contributed by atoms with van der Waals surface area (Å²) in [6.45, 7) is 5.00. The molecule has 6 nitrogen and oxygen atoms in total. The summed E-state index contributed by atoms with van der Waals surface area (Å²) in [6, 6.07) is 11.0. The number of ether oxygens (including phenoxy) is 1. The molecule has 0 N–H and O–H groups in total. The Morgan fingerprint density at radius 1 is 0.903 bits per heavy atom. The number of aryl methyl sites for hydroxylation is 2. The molecule has 1 heterocycles. The van der Waals surface area contributed by atoms with Crippen LogP contribution in [-0.2, 0) is 22.4 Å². The summed E-state index contributed by atoms with van der Waals surface area (Å²) < 4.78 is 5.48. The van der Waals surface area contributed by atoms with E-state index in [9.17, 15) is 19.2 Å². The molecule has 2 atom stereocenters. The van der Waals surface area contributed by atoms with E-state index in [-0.39, 0.29) is 22.8 Å². The lowest BCUT2D eigenvalue weighted by Gasteiger charge is -2.28. The van der Waals surface area contributed by atoms with Crippen LogP contribution in [0.3, 0.4) is 0 Å². The molecule has 2 aliphatic rings. The van der Waals surface area contributed by atoms with E-state index in [1.165, 1.54) is 12.5 Å². The summed E-state index contributed by atoms with van der Waals surface area (Å²) in [5.74, 6) is -2.47. The monoisotopic (exact) mass is 419 g/mol. The Morgan fingerprint density at radius 3 is 2.13 bits per heavy atom. The molecule has 0 saturated heterocycles. The maximum absolute atomic E-state index is 13.0. The smallest absolute Gasteiger partial charge is 0.330 e. The van der Waals surface area contributed by atoms with Gasteiger partial charge in [0.2, 0.25) is 5.78 Å². The van der Waals surface area contributed by atoms with Crippen molar-refractivity contribution in [1.82, 2.24) is 4.90 Å². The molecule has 31 heavy (non-hydrogen) atoms. The van der Waals surface area contributed by atoms with Gasteiger partial charge in [-0.25, -0.2) is 4.79 Å². The molecule has 0 radical (unpaired) electrons. The van der Waals surface area contributed by atoms with Crippen LogP contribution >= 0.6 is 0 Å². The second-order valence-electron chi connectivity index (χ2n) is 8.50. The number of nitrogens with zero attached hydrogens (tertiary/aromatic N) is 1. The van der Waals surface area contributed by atoms with Crippen molar-refractivity contribution in [2.45, 2.75) is 52.2 Å². The summed E-state index contributed by atoms with van der Waals surface area (Å²) in [4.78, 5) is 52.5. The number of Topliss-reactive ketones (excluding diaryl/α,β-unsaturated/α-hetero) is 1. The minimum Gasteiger partial charge on any atom is -0.453 e. The fourth-order valence-electron chi connectivity index (χ4n) is 4.39. The molecule has 1 aliphatic carbocycles. The molecule has 2 amide bonds. The van der Waals surface area contributed by atoms with E-state index < -0.39 is 29.9 Å². The number of amides is 2. The average Bonchev–Trinajstić information content (AvgIpc) is 3.31. The van der Waals surface area contributed by atoms with Crippen LogP contribution in [0.5, 0.6) is 0 Å². The zero-order valence-electron chi connectivity index (χ0n) is 17.9. The minimum absolute atomic E-state index is 0.271. The lowest BCUT2D eigenvalue weighted by atomic mass is 10.0. The third-order valence-corrected chi connectivity index (χ3v) is 6.02. The molecular formula is C25H25NO5. The largest absolute Gasteiger partial charge is 0.453 e. The van der Waals surface area contributed by atoms with Crippen molar-refractivity contribution in [3.05, 3.63) is 70.3 Å². The fourth-order valence-corrected chi connectivity index (χ4v) is 4.39. The predicted molar refractivity (Wildman–Crippen MR) is 114 cm³/mol. The Hall–Kier alpha value is -3.28. The number of hydrogen-bond acceptors (Lipinski definition) is 5. The Balaban J connectivity index is 1.52. The van der Waals surface area contributed by atoms with E-state index in [0.29, 0.717) is 5.56 Å². The van der Waals surface area contributed by atoms with Crippen LogP contribution in [-0.4, -0.2) is 40.6 Å². The maximum atomic E-state index is 13.0. The van der Waals surface area contributed by atoms with Crippen LogP contribution in [0, 0.1) is 5.92 Å². The Kier molecular flexibility index (Phi) is 5.48. The molecule has 0 unspecified atom stereocenters. The van der Waals surface area contributed by atoms with Crippen molar-refractivity contribution in [3.8, 4) is 0 Å². The topological polar surface area (TPSA) is 80.8 Å². The minimum atomic E-state index is -1.11.